The monoisotopic (exact) mass is 302 g/mol. The van der Waals surface area contributed by atoms with Gasteiger partial charge in [0.2, 0.25) is 0 Å². The number of aliphatic hydroxyl groups excluding tert-OH is 1. The molecule has 3 nitrogen and oxygen atoms in total. The number of Topliss-reactive ketones (excluding diaryl/α,β-unsaturated/α-hetero) is 1. The third-order valence-corrected chi connectivity index (χ3v) is 4.12. The Morgan fingerprint density at radius 1 is 1.19 bits per heavy atom. The van der Waals surface area contributed by atoms with E-state index in [0.717, 1.165) is 10.5 Å². The van der Waals surface area contributed by atoms with Crippen molar-refractivity contribution in [1.29, 1.82) is 0 Å². The first-order valence-corrected chi connectivity index (χ1v) is 7.80. The maximum atomic E-state index is 12.4. The molecule has 0 heterocycles. The summed E-state index contributed by atoms with van der Waals surface area (Å²) in [6.45, 7) is 1.91. The molecule has 2 aromatic rings. The van der Waals surface area contributed by atoms with Crippen molar-refractivity contribution in [1.82, 2.24) is 0 Å². The van der Waals surface area contributed by atoms with Gasteiger partial charge < -0.3 is 9.84 Å². The van der Waals surface area contributed by atoms with Crippen LogP contribution in [0.3, 0.4) is 0 Å². The van der Waals surface area contributed by atoms with Gasteiger partial charge in [0.25, 0.3) is 0 Å². The van der Waals surface area contributed by atoms with Gasteiger partial charge in [-0.05, 0) is 42.5 Å². The molecule has 0 saturated carbocycles. The highest BCUT2D eigenvalue weighted by atomic mass is 32.2. The van der Waals surface area contributed by atoms with E-state index in [9.17, 15) is 9.90 Å². The molecule has 0 spiro atoms. The van der Waals surface area contributed by atoms with Crippen LogP contribution in [0.2, 0.25) is 0 Å². The second kappa shape index (κ2) is 6.78. The molecule has 110 valence electrons. The predicted molar refractivity (Wildman–Crippen MR) is 85.2 cm³/mol. The molecule has 2 aromatic carbocycles. The average molecular weight is 302 g/mol. The fourth-order valence-corrected chi connectivity index (χ4v) is 2.48. The molecule has 0 aliphatic carbocycles. The Morgan fingerprint density at radius 2 is 1.86 bits per heavy atom. The molecule has 0 aliphatic rings. The predicted octanol–water partition coefficient (Wildman–Crippen LogP) is 3.64. The minimum Gasteiger partial charge on any atom is -0.496 e. The lowest BCUT2D eigenvalue weighted by atomic mass is 9.99. The van der Waals surface area contributed by atoms with Gasteiger partial charge in [-0.25, -0.2) is 0 Å². The van der Waals surface area contributed by atoms with E-state index in [-0.39, 0.29) is 5.78 Å². The van der Waals surface area contributed by atoms with Crippen LogP contribution in [0.25, 0.3) is 0 Å². The quantitative estimate of drug-likeness (QED) is 0.676. The third-order valence-electron chi connectivity index (χ3n) is 3.37. The zero-order valence-electron chi connectivity index (χ0n) is 12.3. The lowest BCUT2D eigenvalue weighted by Crippen LogP contribution is -2.12. The van der Waals surface area contributed by atoms with E-state index in [4.69, 9.17) is 4.74 Å². The number of carbonyl (C=O) groups excluding carboxylic acids is 1. The molecule has 0 fully saturated rings. The highest BCUT2D eigenvalue weighted by Crippen LogP contribution is 2.25. The number of aryl methyl sites for hydroxylation is 1. The lowest BCUT2D eigenvalue weighted by molar-refractivity contribution is 0.0747. The fraction of sp³-hybridized carbons (Fsp3) is 0.235. The minimum absolute atomic E-state index is 0.329. The van der Waals surface area contributed by atoms with Crippen LogP contribution in [0.15, 0.2) is 47.4 Å². The smallest absolute Gasteiger partial charge is 0.195 e. The molecule has 0 amide bonds. The Morgan fingerprint density at radius 3 is 2.43 bits per heavy atom. The summed E-state index contributed by atoms with van der Waals surface area (Å²) in [7, 11) is 1.56. The van der Waals surface area contributed by atoms with Crippen LogP contribution in [-0.4, -0.2) is 24.3 Å². The van der Waals surface area contributed by atoms with Gasteiger partial charge in [-0.3, -0.25) is 4.79 Å². The molecule has 1 unspecified atom stereocenters. The fourth-order valence-electron chi connectivity index (χ4n) is 2.07. The van der Waals surface area contributed by atoms with Gasteiger partial charge in [-0.2, -0.15) is 0 Å². The molecule has 2 rings (SSSR count). The van der Waals surface area contributed by atoms with Crippen molar-refractivity contribution in [3.8, 4) is 5.75 Å². The molecule has 0 aromatic heterocycles. The number of hydrogen-bond donors (Lipinski definition) is 1. The van der Waals surface area contributed by atoms with E-state index in [1.165, 1.54) is 0 Å². The number of thioether (sulfide) groups is 1. The zero-order valence-corrected chi connectivity index (χ0v) is 13.1. The normalized spacial score (nSPS) is 12.0. The second-order valence-electron chi connectivity index (χ2n) is 4.72. The first-order chi connectivity index (χ1) is 10.1. The first kappa shape index (κ1) is 15.6. The van der Waals surface area contributed by atoms with E-state index in [1.807, 2.05) is 31.4 Å². The Kier molecular flexibility index (Phi) is 5.04. The average Bonchev–Trinajstić information content (AvgIpc) is 2.54. The molecule has 1 N–H and O–H groups in total. The van der Waals surface area contributed by atoms with Crippen molar-refractivity contribution < 1.29 is 14.6 Å². The van der Waals surface area contributed by atoms with Crippen molar-refractivity contribution >= 4 is 17.5 Å². The molecule has 4 heteroatoms. The highest BCUT2D eigenvalue weighted by molar-refractivity contribution is 7.98. The Hall–Kier alpha value is -1.78. The molecule has 1 atom stereocenters. The van der Waals surface area contributed by atoms with Crippen LogP contribution in [0, 0.1) is 6.92 Å². The van der Waals surface area contributed by atoms with Crippen molar-refractivity contribution in [3.05, 3.63) is 59.2 Å². The summed E-state index contributed by atoms with van der Waals surface area (Å²) in [5.41, 5.74) is 1.99. The maximum absolute atomic E-state index is 12.4. The van der Waals surface area contributed by atoms with Gasteiger partial charge in [-0.1, -0.05) is 24.3 Å². The van der Waals surface area contributed by atoms with E-state index in [0.29, 0.717) is 16.9 Å². The van der Waals surface area contributed by atoms with Gasteiger partial charge >= 0.3 is 0 Å². The summed E-state index contributed by atoms with van der Waals surface area (Å²) < 4.78 is 5.21. The Labute approximate surface area is 129 Å². The molecule has 0 saturated heterocycles. The maximum Gasteiger partial charge on any atom is 0.195 e. The van der Waals surface area contributed by atoms with Crippen molar-refractivity contribution in [2.45, 2.75) is 17.9 Å². The number of benzene rings is 2. The first-order valence-electron chi connectivity index (χ1n) is 6.57. The summed E-state index contributed by atoms with van der Waals surface area (Å²) in [6, 6.07) is 12.5. The molecule has 0 bridgehead atoms. The molecule has 0 radical (unpaired) electrons. The number of rotatable bonds is 5. The van der Waals surface area contributed by atoms with Crippen LogP contribution in [0.1, 0.15) is 27.6 Å². The number of hydrogen-bond acceptors (Lipinski definition) is 4. The topological polar surface area (TPSA) is 46.5 Å². The van der Waals surface area contributed by atoms with Crippen molar-refractivity contribution in [2.24, 2.45) is 0 Å². The Balaban J connectivity index is 2.25. The van der Waals surface area contributed by atoms with E-state index < -0.39 is 6.10 Å². The van der Waals surface area contributed by atoms with Gasteiger partial charge in [-0.15, -0.1) is 11.8 Å². The SMILES string of the molecule is COc1cc(C(=O)C(O)c2ccc(SC)cc2)ccc1C. The standard InChI is InChI=1S/C17H18O3S/c1-11-4-5-13(10-15(11)20-2)17(19)16(18)12-6-8-14(21-3)9-7-12/h4-10,16,18H,1-3H3. The molecular weight excluding hydrogens is 284 g/mol. The lowest BCUT2D eigenvalue weighted by Gasteiger charge is -2.12. The van der Waals surface area contributed by atoms with Crippen molar-refractivity contribution in [3.63, 3.8) is 0 Å². The third kappa shape index (κ3) is 3.46. The molecular formula is C17H18O3S. The number of ether oxygens (including phenoxy) is 1. The summed E-state index contributed by atoms with van der Waals surface area (Å²) in [4.78, 5) is 13.5. The van der Waals surface area contributed by atoms with E-state index >= 15 is 0 Å². The van der Waals surface area contributed by atoms with E-state index in [2.05, 4.69) is 0 Å². The number of methoxy groups -OCH3 is 1. The summed E-state index contributed by atoms with van der Waals surface area (Å²) in [6.07, 6.45) is 0.822. The minimum atomic E-state index is -1.16. The zero-order chi connectivity index (χ0) is 15.4. The largest absolute Gasteiger partial charge is 0.496 e. The second-order valence-corrected chi connectivity index (χ2v) is 5.60. The number of aliphatic hydroxyl groups is 1. The van der Waals surface area contributed by atoms with Crippen LogP contribution >= 0.6 is 11.8 Å². The number of ketones is 1. The van der Waals surface area contributed by atoms with Crippen LogP contribution in [0.5, 0.6) is 5.75 Å². The van der Waals surface area contributed by atoms with Crippen LogP contribution in [0.4, 0.5) is 0 Å². The summed E-state index contributed by atoms with van der Waals surface area (Å²) >= 11 is 1.62. The summed E-state index contributed by atoms with van der Waals surface area (Å²) in [5.74, 6) is 0.316. The van der Waals surface area contributed by atoms with Gasteiger partial charge in [0.05, 0.1) is 7.11 Å². The van der Waals surface area contributed by atoms with Gasteiger partial charge in [0.15, 0.2) is 5.78 Å². The summed E-state index contributed by atoms with van der Waals surface area (Å²) in [5, 5.41) is 10.2. The highest BCUT2D eigenvalue weighted by Gasteiger charge is 2.20. The van der Waals surface area contributed by atoms with E-state index in [1.54, 1.807) is 43.1 Å². The molecule has 0 aliphatic heterocycles. The van der Waals surface area contributed by atoms with Gasteiger partial charge in [0.1, 0.15) is 11.9 Å². The van der Waals surface area contributed by atoms with Crippen molar-refractivity contribution in [2.75, 3.05) is 13.4 Å². The van der Waals surface area contributed by atoms with Crippen LogP contribution < -0.4 is 4.74 Å². The molecule has 21 heavy (non-hydrogen) atoms. The van der Waals surface area contributed by atoms with Gasteiger partial charge in [0, 0.05) is 10.5 Å². The Bertz CT molecular complexity index is 635. The van der Waals surface area contributed by atoms with Crippen LogP contribution in [-0.2, 0) is 0 Å². The number of carbonyl (C=O) groups is 1.